The first-order valence-corrected chi connectivity index (χ1v) is 12.8. The molecular weight excluding hydrogens is 462 g/mol. The molecule has 2 aliphatic heterocycles. The van der Waals surface area contributed by atoms with Crippen LogP contribution >= 0.6 is 0 Å². The second-order valence-corrected chi connectivity index (χ2v) is 9.66. The number of ether oxygens (including phenoxy) is 1. The number of nitrogens with one attached hydrogen (secondary N) is 3. The summed E-state index contributed by atoms with van der Waals surface area (Å²) < 4.78 is 5.18. The molecule has 5 atom stereocenters. The van der Waals surface area contributed by atoms with Gasteiger partial charge in [0.05, 0.1) is 13.2 Å². The van der Waals surface area contributed by atoms with Gasteiger partial charge < -0.3 is 31.3 Å². The lowest BCUT2D eigenvalue weighted by Gasteiger charge is -2.32. The molecule has 3 rings (SSSR count). The topological polar surface area (TPSA) is 143 Å². The number of carbonyl (C=O) groups is 4. The Hall–Kier alpha value is -3.14. The van der Waals surface area contributed by atoms with Gasteiger partial charge >= 0.3 is 0 Å². The smallest absolute Gasteiger partial charge is 0.246 e. The van der Waals surface area contributed by atoms with E-state index < -0.39 is 24.0 Å². The van der Waals surface area contributed by atoms with Crippen molar-refractivity contribution in [3.63, 3.8) is 0 Å². The fourth-order valence-electron chi connectivity index (χ4n) is 5.05. The van der Waals surface area contributed by atoms with Crippen LogP contribution in [0.1, 0.15) is 51.5 Å². The quantitative estimate of drug-likeness (QED) is 0.367. The van der Waals surface area contributed by atoms with Crippen LogP contribution in [0.2, 0.25) is 0 Å². The molecule has 2 fully saturated rings. The number of nitrogens with zero attached hydrogens (tertiary/aromatic N) is 1. The van der Waals surface area contributed by atoms with E-state index in [1.165, 1.54) is 6.92 Å². The molecule has 0 bridgehead atoms. The fraction of sp³-hybridized carbons (Fsp3) is 0.615. The Kier molecular flexibility index (Phi) is 9.69. The second kappa shape index (κ2) is 12.7. The van der Waals surface area contributed by atoms with E-state index in [1.807, 2.05) is 24.3 Å². The van der Waals surface area contributed by atoms with Gasteiger partial charge in [0, 0.05) is 32.0 Å². The molecule has 36 heavy (non-hydrogen) atoms. The summed E-state index contributed by atoms with van der Waals surface area (Å²) in [5, 5.41) is 8.59. The lowest BCUT2D eigenvalue weighted by atomic mass is 9.92. The minimum absolute atomic E-state index is 0.0728. The molecule has 0 unspecified atom stereocenters. The zero-order valence-corrected chi connectivity index (χ0v) is 21.4. The number of benzene rings is 1. The maximum absolute atomic E-state index is 13.8. The van der Waals surface area contributed by atoms with E-state index in [0.717, 1.165) is 17.7 Å². The Morgan fingerprint density at radius 3 is 2.44 bits per heavy atom. The predicted molar refractivity (Wildman–Crippen MR) is 135 cm³/mol. The third-order valence-electron chi connectivity index (χ3n) is 7.23. The summed E-state index contributed by atoms with van der Waals surface area (Å²) in [6.07, 6.45) is 3.75. The third kappa shape index (κ3) is 6.75. The van der Waals surface area contributed by atoms with E-state index in [9.17, 15) is 19.2 Å². The van der Waals surface area contributed by atoms with Crippen LogP contribution in [-0.2, 0) is 25.6 Å². The van der Waals surface area contributed by atoms with Gasteiger partial charge in [0.25, 0.3) is 0 Å². The molecule has 2 heterocycles. The standard InChI is InChI=1S/C26H39N5O5/c1-4-21(27)24(33)30-23-18(15-29-16(2)32)7-8-19-9-12-22(31(19)26(23)35)25(34)28-14-13-17-5-10-20(36-3)11-6-17/h5-6,10-11,18-19,21-23H,4,7-9,12-15,27H2,1-3H3,(H,28,34)(H,29,32)(H,30,33)/t18-,19+,21+,22+,23+/m1/s1. The highest BCUT2D eigenvalue weighted by atomic mass is 16.5. The average Bonchev–Trinajstić information content (AvgIpc) is 3.25. The summed E-state index contributed by atoms with van der Waals surface area (Å²) >= 11 is 0. The lowest BCUT2D eigenvalue weighted by molar-refractivity contribution is -0.143. The first-order chi connectivity index (χ1) is 17.2. The molecule has 2 aliphatic rings. The van der Waals surface area contributed by atoms with Gasteiger partial charge in [-0.15, -0.1) is 0 Å². The molecule has 0 aromatic heterocycles. The molecule has 10 nitrogen and oxygen atoms in total. The summed E-state index contributed by atoms with van der Waals surface area (Å²) in [6.45, 7) is 3.94. The van der Waals surface area contributed by atoms with Crippen molar-refractivity contribution >= 4 is 23.6 Å². The van der Waals surface area contributed by atoms with Gasteiger partial charge in [-0.05, 0) is 56.2 Å². The van der Waals surface area contributed by atoms with Crippen molar-refractivity contribution in [3.05, 3.63) is 29.8 Å². The van der Waals surface area contributed by atoms with Gasteiger partial charge in [-0.1, -0.05) is 19.1 Å². The Balaban J connectivity index is 1.69. The number of amides is 4. The zero-order valence-electron chi connectivity index (χ0n) is 21.4. The largest absolute Gasteiger partial charge is 0.497 e. The van der Waals surface area contributed by atoms with Gasteiger partial charge in [0.1, 0.15) is 17.8 Å². The summed E-state index contributed by atoms with van der Waals surface area (Å²) in [5.41, 5.74) is 6.98. The number of rotatable bonds is 10. The zero-order chi connectivity index (χ0) is 26.2. The number of methoxy groups -OCH3 is 1. The maximum atomic E-state index is 13.8. The van der Waals surface area contributed by atoms with Crippen molar-refractivity contribution in [2.45, 2.75) is 76.5 Å². The van der Waals surface area contributed by atoms with Crippen LogP contribution in [0.25, 0.3) is 0 Å². The Bertz CT molecular complexity index is 937. The molecule has 0 radical (unpaired) electrons. The Morgan fingerprint density at radius 2 is 1.81 bits per heavy atom. The summed E-state index contributed by atoms with van der Waals surface area (Å²) in [7, 11) is 1.62. The monoisotopic (exact) mass is 501 g/mol. The van der Waals surface area contributed by atoms with Crippen LogP contribution in [0.4, 0.5) is 0 Å². The number of nitrogens with two attached hydrogens (primary N) is 1. The highest BCUT2D eigenvalue weighted by molar-refractivity contribution is 5.94. The molecule has 10 heteroatoms. The molecule has 1 aromatic rings. The second-order valence-electron chi connectivity index (χ2n) is 9.66. The van der Waals surface area contributed by atoms with Crippen molar-refractivity contribution in [2.24, 2.45) is 11.7 Å². The number of hydrogen-bond donors (Lipinski definition) is 4. The molecule has 2 saturated heterocycles. The van der Waals surface area contributed by atoms with Gasteiger partial charge in [-0.2, -0.15) is 0 Å². The molecule has 0 saturated carbocycles. The molecule has 5 N–H and O–H groups in total. The number of hydrogen-bond acceptors (Lipinski definition) is 6. The van der Waals surface area contributed by atoms with Gasteiger partial charge in [-0.25, -0.2) is 0 Å². The molecule has 0 spiro atoms. The predicted octanol–water partition coefficient (Wildman–Crippen LogP) is 0.482. The normalized spacial score (nSPS) is 24.3. The third-order valence-corrected chi connectivity index (χ3v) is 7.23. The van der Waals surface area contributed by atoms with Crippen molar-refractivity contribution in [3.8, 4) is 5.75 Å². The Labute approximate surface area is 212 Å². The van der Waals surface area contributed by atoms with Crippen LogP contribution in [0, 0.1) is 5.92 Å². The first-order valence-electron chi connectivity index (χ1n) is 12.8. The summed E-state index contributed by atoms with van der Waals surface area (Å²) in [4.78, 5) is 52.7. The molecular formula is C26H39N5O5. The van der Waals surface area contributed by atoms with E-state index >= 15 is 0 Å². The van der Waals surface area contributed by atoms with E-state index in [1.54, 1.807) is 18.9 Å². The van der Waals surface area contributed by atoms with Crippen LogP contribution in [-0.4, -0.2) is 72.9 Å². The van der Waals surface area contributed by atoms with E-state index in [0.29, 0.717) is 38.6 Å². The van der Waals surface area contributed by atoms with E-state index in [-0.39, 0.29) is 36.2 Å². The van der Waals surface area contributed by atoms with E-state index in [2.05, 4.69) is 16.0 Å². The van der Waals surface area contributed by atoms with Crippen molar-refractivity contribution < 1.29 is 23.9 Å². The van der Waals surface area contributed by atoms with Gasteiger partial charge in [0.15, 0.2) is 0 Å². The number of fused-ring (bicyclic) bond motifs is 1. The summed E-state index contributed by atoms with van der Waals surface area (Å²) in [6, 6.07) is 5.44. The van der Waals surface area contributed by atoms with Crippen LogP contribution in [0.5, 0.6) is 5.75 Å². The average molecular weight is 502 g/mol. The maximum Gasteiger partial charge on any atom is 0.246 e. The van der Waals surface area contributed by atoms with E-state index in [4.69, 9.17) is 10.5 Å². The minimum atomic E-state index is -0.848. The molecule has 0 aliphatic carbocycles. The molecule has 4 amide bonds. The first kappa shape index (κ1) is 27.4. The van der Waals surface area contributed by atoms with Gasteiger partial charge in [0.2, 0.25) is 23.6 Å². The molecule has 198 valence electrons. The lowest BCUT2D eigenvalue weighted by Crippen LogP contribution is -2.59. The SMILES string of the molecule is CC[C@H](N)C(=O)N[C@@H]1C(=O)N2[C@@H](CC[C@@H]1CNC(C)=O)CC[C@H]2C(=O)NCCc1ccc(OC)cc1. The van der Waals surface area contributed by atoms with Crippen LogP contribution in [0.15, 0.2) is 24.3 Å². The molecule has 1 aromatic carbocycles. The highest BCUT2D eigenvalue weighted by Gasteiger charge is 2.47. The van der Waals surface area contributed by atoms with Crippen LogP contribution in [0.3, 0.4) is 0 Å². The van der Waals surface area contributed by atoms with Gasteiger partial charge in [-0.3, -0.25) is 19.2 Å². The van der Waals surface area contributed by atoms with Crippen molar-refractivity contribution in [1.82, 2.24) is 20.9 Å². The number of carbonyl (C=O) groups excluding carboxylic acids is 4. The van der Waals surface area contributed by atoms with Crippen molar-refractivity contribution in [2.75, 3.05) is 20.2 Å². The fourth-order valence-corrected chi connectivity index (χ4v) is 5.05. The highest BCUT2D eigenvalue weighted by Crippen LogP contribution is 2.34. The minimum Gasteiger partial charge on any atom is -0.497 e. The van der Waals surface area contributed by atoms with Crippen LogP contribution < -0.4 is 26.4 Å². The summed E-state index contributed by atoms with van der Waals surface area (Å²) in [5.74, 6) is -0.567. The van der Waals surface area contributed by atoms with Crippen molar-refractivity contribution in [1.29, 1.82) is 0 Å². The Morgan fingerprint density at radius 1 is 1.11 bits per heavy atom.